The van der Waals surface area contributed by atoms with Gasteiger partial charge >= 0.3 is 0 Å². The van der Waals surface area contributed by atoms with Gasteiger partial charge in [0.05, 0.1) is 5.69 Å². The van der Waals surface area contributed by atoms with Gasteiger partial charge in [0.15, 0.2) is 0 Å². The Morgan fingerprint density at radius 2 is 1.96 bits per heavy atom. The van der Waals surface area contributed by atoms with Crippen molar-refractivity contribution in [3.8, 4) is 0 Å². The molecule has 0 radical (unpaired) electrons. The number of amides is 1. The van der Waals surface area contributed by atoms with Crippen LogP contribution in [0.4, 0.5) is 0 Å². The minimum atomic E-state index is -0.0648. The van der Waals surface area contributed by atoms with Crippen LogP contribution in [0, 0.1) is 0 Å². The molecule has 2 unspecified atom stereocenters. The molecule has 1 amide bonds. The Kier molecular flexibility index (Phi) is 5.19. The average molecular weight is 354 g/mol. The molecule has 0 spiro atoms. The maximum Gasteiger partial charge on any atom is 0.269 e. The van der Waals surface area contributed by atoms with Gasteiger partial charge in [0.25, 0.3) is 5.91 Å². The van der Waals surface area contributed by atoms with Gasteiger partial charge in [0.1, 0.15) is 5.69 Å². The lowest BCUT2D eigenvalue weighted by molar-refractivity contribution is 0.0928. The number of nitrogens with one attached hydrogen (secondary N) is 1. The number of aromatic nitrogens is 2. The molecule has 3 rings (SSSR count). The van der Waals surface area contributed by atoms with E-state index in [9.17, 15) is 4.79 Å². The highest BCUT2D eigenvalue weighted by atomic mass is 16.2. The molecule has 26 heavy (non-hydrogen) atoms. The number of hydrogen-bond donors (Lipinski definition) is 1. The SMILES string of the molecule is CC1CC(NC(=O)c2cc(C(C)(C)C)nn2C)CN1Cc1ccccc1. The summed E-state index contributed by atoms with van der Waals surface area (Å²) < 4.78 is 1.69. The predicted octanol–water partition coefficient (Wildman–Crippen LogP) is 3.11. The second kappa shape index (κ2) is 7.23. The molecule has 5 heteroatoms. The summed E-state index contributed by atoms with van der Waals surface area (Å²) in [5, 5.41) is 7.71. The Balaban J connectivity index is 1.63. The van der Waals surface area contributed by atoms with Gasteiger partial charge in [-0.25, -0.2) is 0 Å². The van der Waals surface area contributed by atoms with Gasteiger partial charge in [-0.1, -0.05) is 51.1 Å². The monoisotopic (exact) mass is 354 g/mol. The Labute approximate surface area is 156 Å². The van der Waals surface area contributed by atoms with Crippen LogP contribution in [0.1, 0.15) is 55.9 Å². The van der Waals surface area contributed by atoms with E-state index in [0.29, 0.717) is 11.7 Å². The second-order valence-corrected chi connectivity index (χ2v) is 8.46. The first-order chi connectivity index (χ1) is 12.2. The average Bonchev–Trinajstić information content (AvgIpc) is 3.11. The quantitative estimate of drug-likeness (QED) is 0.918. The van der Waals surface area contributed by atoms with Crippen LogP contribution in [-0.2, 0) is 19.0 Å². The van der Waals surface area contributed by atoms with Crippen LogP contribution >= 0.6 is 0 Å². The first-order valence-electron chi connectivity index (χ1n) is 9.37. The fourth-order valence-corrected chi connectivity index (χ4v) is 3.55. The summed E-state index contributed by atoms with van der Waals surface area (Å²) in [5.74, 6) is -0.0331. The van der Waals surface area contributed by atoms with E-state index >= 15 is 0 Å². The fourth-order valence-electron chi connectivity index (χ4n) is 3.55. The number of aryl methyl sites for hydroxylation is 1. The van der Waals surface area contributed by atoms with Crippen LogP contribution in [0.3, 0.4) is 0 Å². The summed E-state index contributed by atoms with van der Waals surface area (Å²) >= 11 is 0. The first-order valence-corrected chi connectivity index (χ1v) is 9.37. The molecule has 1 aromatic carbocycles. The third-order valence-corrected chi connectivity index (χ3v) is 5.15. The lowest BCUT2D eigenvalue weighted by Gasteiger charge is -2.20. The van der Waals surface area contributed by atoms with Crippen LogP contribution in [-0.4, -0.2) is 39.2 Å². The maximum atomic E-state index is 12.7. The second-order valence-electron chi connectivity index (χ2n) is 8.46. The molecule has 1 aliphatic rings. The van der Waals surface area contributed by atoms with Gasteiger partial charge in [0, 0.05) is 37.6 Å². The van der Waals surface area contributed by atoms with Gasteiger partial charge in [-0.3, -0.25) is 14.4 Å². The third kappa shape index (κ3) is 4.15. The zero-order chi connectivity index (χ0) is 18.9. The van der Waals surface area contributed by atoms with Crippen LogP contribution < -0.4 is 5.32 Å². The summed E-state index contributed by atoms with van der Waals surface area (Å²) in [6, 6.07) is 13.0. The van der Waals surface area contributed by atoms with E-state index in [1.54, 1.807) is 4.68 Å². The van der Waals surface area contributed by atoms with Gasteiger partial charge in [-0.15, -0.1) is 0 Å². The number of hydrogen-bond acceptors (Lipinski definition) is 3. The standard InChI is InChI=1S/C21H30N4O/c1-15-11-17(14-25(15)13-16-9-7-6-8-10-16)22-20(26)18-12-19(21(2,3)4)23-24(18)5/h6-10,12,15,17H,11,13-14H2,1-5H3,(H,22,26). The summed E-state index contributed by atoms with van der Waals surface area (Å²) in [5.41, 5.74) is 2.82. The summed E-state index contributed by atoms with van der Waals surface area (Å²) in [4.78, 5) is 15.2. The number of rotatable bonds is 4. The number of benzene rings is 1. The van der Waals surface area contributed by atoms with E-state index in [1.807, 2.05) is 19.2 Å². The smallest absolute Gasteiger partial charge is 0.269 e. The molecular weight excluding hydrogens is 324 g/mol. The van der Waals surface area contributed by atoms with E-state index in [4.69, 9.17) is 0 Å². The van der Waals surface area contributed by atoms with Crippen LogP contribution in [0.15, 0.2) is 36.4 Å². The Bertz CT molecular complexity index is 760. The minimum Gasteiger partial charge on any atom is -0.347 e. The molecule has 1 aliphatic heterocycles. The van der Waals surface area contributed by atoms with Crippen molar-refractivity contribution >= 4 is 5.91 Å². The molecule has 1 saturated heterocycles. The highest BCUT2D eigenvalue weighted by molar-refractivity contribution is 5.93. The number of nitrogens with zero attached hydrogens (tertiary/aromatic N) is 3. The fraction of sp³-hybridized carbons (Fsp3) is 0.524. The van der Waals surface area contributed by atoms with E-state index in [-0.39, 0.29) is 17.4 Å². The third-order valence-electron chi connectivity index (χ3n) is 5.15. The number of likely N-dealkylation sites (tertiary alicyclic amines) is 1. The van der Waals surface area contributed by atoms with E-state index < -0.39 is 0 Å². The van der Waals surface area contributed by atoms with Crippen molar-refractivity contribution in [2.24, 2.45) is 7.05 Å². The minimum absolute atomic E-state index is 0.0331. The Morgan fingerprint density at radius 1 is 1.27 bits per heavy atom. The molecule has 2 atom stereocenters. The summed E-state index contributed by atoms with van der Waals surface area (Å²) in [7, 11) is 1.84. The molecule has 2 aromatic rings. The largest absolute Gasteiger partial charge is 0.347 e. The maximum absolute atomic E-state index is 12.7. The molecule has 140 valence electrons. The van der Waals surface area contributed by atoms with Crippen molar-refractivity contribution in [2.75, 3.05) is 6.54 Å². The molecular formula is C21H30N4O. The normalized spacial score (nSPS) is 21.1. The Morgan fingerprint density at radius 3 is 2.58 bits per heavy atom. The van der Waals surface area contributed by atoms with Crippen LogP contribution in [0.2, 0.25) is 0 Å². The van der Waals surface area contributed by atoms with Crippen molar-refractivity contribution in [1.82, 2.24) is 20.0 Å². The molecule has 2 heterocycles. The molecule has 1 fully saturated rings. The topological polar surface area (TPSA) is 50.2 Å². The summed E-state index contributed by atoms with van der Waals surface area (Å²) in [6.07, 6.45) is 0.975. The molecule has 0 saturated carbocycles. The van der Waals surface area contributed by atoms with Gasteiger partial charge in [0.2, 0.25) is 0 Å². The predicted molar refractivity (Wildman–Crippen MR) is 104 cm³/mol. The highest BCUT2D eigenvalue weighted by Crippen LogP contribution is 2.23. The highest BCUT2D eigenvalue weighted by Gasteiger charge is 2.31. The lowest BCUT2D eigenvalue weighted by Crippen LogP contribution is -2.37. The number of carbonyl (C=O) groups is 1. The van der Waals surface area contributed by atoms with Crippen LogP contribution in [0.25, 0.3) is 0 Å². The Hall–Kier alpha value is -2.14. The summed E-state index contributed by atoms with van der Waals surface area (Å²) in [6.45, 7) is 10.4. The van der Waals surface area contributed by atoms with E-state index in [0.717, 1.165) is 25.2 Å². The van der Waals surface area contributed by atoms with Crippen molar-refractivity contribution in [2.45, 2.75) is 58.2 Å². The zero-order valence-corrected chi connectivity index (χ0v) is 16.5. The lowest BCUT2D eigenvalue weighted by atomic mass is 9.92. The van der Waals surface area contributed by atoms with Crippen molar-refractivity contribution in [1.29, 1.82) is 0 Å². The van der Waals surface area contributed by atoms with Gasteiger partial charge in [-0.05, 0) is 25.0 Å². The first kappa shape index (κ1) is 18.6. The molecule has 1 aromatic heterocycles. The molecule has 1 N–H and O–H groups in total. The van der Waals surface area contributed by atoms with E-state index in [1.165, 1.54) is 5.56 Å². The van der Waals surface area contributed by atoms with Gasteiger partial charge in [-0.2, -0.15) is 5.10 Å². The van der Waals surface area contributed by atoms with Gasteiger partial charge < -0.3 is 5.32 Å². The van der Waals surface area contributed by atoms with Crippen molar-refractivity contribution in [3.05, 3.63) is 53.3 Å². The zero-order valence-electron chi connectivity index (χ0n) is 16.5. The van der Waals surface area contributed by atoms with Crippen molar-refractivity contribution in [3.63, 3.8) is 0 Å². The molecule has 0 aliphatic carbocycles. The number of carbonyl (C=O) groups excluding carboxylic acids is 1. The molecule has 5 nitrogen and oxygen atoms in total. The van der Waals surface area contributed by atoms with Crippen LogP contribution in [0.5, 0.6) is 0 Å². The molecule has 0 bridgehead atoms. The van der Waals surface area contributed by atoms with E-state index in [2.05, 4.69) is 67.3 Å². The van der Waals surface area contributed by atoms with Crippen molar-refractivity contribution < 1.29 is 4.79 Å².